The van der Waals surface area contributed by atoms with Crippen LogP contribution in [0.2, 0.25) is 0 Å². The van der Waals surface area contributed by atoms with Gasteiger partial charge in [0.25, 0.3) is 0 Å². The van der Waals surface area contributed by atoms with E-state index < -0.39 is 0 Å². The zero-order chi connectivity index (χ0) is 16.5. The van der Waals surface area contributed by atoms with Crippen molar-refractivity contribution in [2.45, 2.75) is 5.75 Å². The third-order valence-electron chi connectivity index (χ3n) is 3.24. The van der Waals surface area contributed by atoms with Crippen LogP contribution in [-0.4, -0.2) is 13.7 Å². The van der Waals surface area contributed by atoms with Gasteiger partial charge in [-0.05, 0) is 46.4 Å². The van der Waals surface area contributed by atoms with Gasteiger partial charge in [0.2, 0.25) is 0 Å². The van der Waals surface area contributed by atoms with Gasteiger partial charge in [-0.3, -0.25) is 0 Å². The zero-order valence-electron chi connectivity index (χ0n) is 12.8. The first-order valence-corrected chi connectivity index (χ1v) is 8.11. The number of nitriles is 2. The molecule has 0 unspecified atom stereocenters. The molecule has 0 saturated carbocycles. The number of ether oxygens (including phenoxy) is 1. The second kappa shape index (κ2) is 8.80. The summed E-state index contributed by atoms with van der Waals surface area (Å²) >= 11 is 1.68. The average molecular weight is 320 g/mol. The number of nitrogens with zero attached hydrogens (tertiary/aromatic N) is 2. The van der Waals surface area contributed by atoms with E-state index in [4.69, 9.17) is 15.3 Å². The summed E-state index contributed by atoms with van der Waals surface area (Å²) in [6, 6.07) is 19.3. The number of methoxy groups -OCH3 is 1. The standard InChI is InChI=1S/C19H16N2OS/c1-22-12-19(18-8-6-16(11-21)7-9-18)14-23-13-17-4-2-15(10-20)3-5-17/h2-9,14H,12-13H2,1H3/b19-14+. The summed E-state index contributed by atoms with van der Waals surface area (Å²) in [6.07, 6.45) is 0. The van der Waals surface area contributed by atoms with Crippen LogP contribution in [0.5, 0.6) is 0 Å². The first-order valence-electron chi connectivity index (χ1n) is 7.06. The Bertz CT molecular complexity index is 750. The lowest BCUT2D eigenvalue weighted by Gasteiger charge is -2.07. The van der Waals surface area contributed by atoms with Crippen LogP contribution < -0.4 is 0 Å². The summed E-state index contributed by atoms with van der Waals surface area (Å²) < 4.78 is 5.27. The van der Waals surface area contributed by atoms with Crippen LogP contribution in [0.25, 0.3) is 5.57 Å². The highest BCUT2D eigenvalue weighted by Crippen LogP contribution is 2.22. The smallest absolute Gasteiger partial charge is 0.0991 e. The molecule has 0 N–H and O–H groups in total. The quantitative estimate of drug-likeness (QED) is 0.794. The van der Waals surface area contributed by atoms with E-state index in [-0.39, 0.29) is 0 Å². The minimum absolute atomic E-state index is 0.520. The normalized spacial score (nSPS) is 10.8. The molecule has 0 heterocycles. The van der Waals surface area contributed by atoms with E-state index in [0.29, 0.717) is 17.7 Å². The minimum atomic E-state index is 0.520. The number of benzene rings is 2. The lowest BCUT2D eigenvalue weighted by molar-refractivity contribution is 0.240. The van der Waals surface area contributed by atoms with E-state index in [1.807, 2.05) is 48.5 Å². The summed E-state index contributed by atoms with van der Waals surface area (Å²) in [5, 5.41) is 19.7. The van der Waals surface area contributed by atoms with E-state index in [0.717, 1.165) is 16.9 Å². The highest BCUT2D eigenvalue weighted by atomic mass is 32.2. The minimum Gasteiger partial charge on any atom is -0.380 e. The molecule has 2 rings (SSSR count). The summed E-state index contributed by atoms with van der Waals surface area (Å²) in [5.41, 5.74) is 4.62. The second-order valence-electron chi connectivity index (χ2n) is 4.88. The summed E-state index contributed by atoms with van der Waals surface area (Å²) in [4.78, 5) is 0. The summed E-state index contributed by atoms with van der Waals surface area (Å²) in [6.45, 7) is 0.520. The van der Waals surface area contributed by atoms with Gasteiger partial charge in [-0.1, -0.05) is 24.3 Å². The van der Waals surface area contributed by atoms with Crippen LogP contribution >= 0.6 is 11.8 Å². The van der Waals surface area contributed by atoms with E-state index >= 15 is 0 Å². The third-order valence-corrected chi connectivity index (χ3v) is 4.19. The van der Waals surface area contributed by atoms with Crippen molar-refractivity contribution in [3.8, 4) is 12.1 Å². The van der Waals surface area contributed by atoms with Gasteiger partial charge < -0.3 is 4.74 Å². The largest absolute Gasteiger partial charge is 0.380 e. The monoisotopic (exact) mass is 320 g/mol. The molecular weight excluding hydrogens is 304 g/mol. The van der Waals surface area contributed by atoms with Crippen LogP contribution in [0.4, 0.5) is 0 Å². The van der Waals surface area contributed by atoms with Crippen LogP contribution in [0, 0.1) is 22.7 Å². The van der Waals surface area contributed by atoms with Gasteiger partial charge in [-0.15, -0.1) is 11.8 Å². The Morgan fingerprint density at radius 2 is 1.57 bits per heavy atom. The second-order valence-corrected chi connectivity index (χ2v) is 5.74. The van der Waals surface area contributed by atoms with Crippen molar-refractivity contribution in [3.05, 3.63) is 76.2 Å². The Morgan fingerprint density at radius 3 is 2.09 bits per heavy atom. The number of thioether (sulfide) groups is 1. The Labute approximate surface area is 140 Å². The maximum Gasteiger partial charge on any atom is 0.0991 e. The maximum atomic E-state index is 8.86. The van der Waals surface area contributed by atoms with Crippen molar-refractivity contribution in [3.63, 3.8) is 0 Å². The van der Waals surface area contributed by atoms with Crippen LogP contribution in [0.1, 0.15) is 22.3 Å². The fourth-order valence-corrected chi connectivity index (χ4v) is 2.89. The molecule has 114 valence electrons. The molecule has 0 bridgehead atoms. The van der Waals surface area contributed by atoms with Crippen molar-refractivity contribution in [1.82, 2.24) is 0 Å². The molecule has 0 radical (unpaired) electrons. The Hall–Kier alpha value is -2.53. The fourth-order valence-electron chi connectivity index (χ4n) is 2.01. The van der Waals surface area contributed by atoms with Gasteiger partial charge >= 0.3 is 0 Å². The molecule has 23 heavy (non-hydrogen) atoms. The SMILES string of the molecule is COC/C(=C\SCc1ccc(C#N)cc1)c1ccc(C#N)cc1. The molecule has 3 nitrogen and oxygen atoms in total. The molecule has 0 saturated heterocycles. The fraction of sp³-hybridized carbons (Fsp3) is 0.158. The predicted molar refractivity (Wildman–Crippen MR) is 93.5 cm³/mol. The number of hydrogen-bond donors (Lipinski definition) is 0. The van der Waals surface area contributed by atoms with Gasteiger partial charge in [0.1, 0.15) is 0 Å². The van der Waals surface area contributed by atoms with Gasteiger partial charge in [-0.2, -0.15) is 10.5 Å². The molecule has 0 aliphatic rings. The first-order chi connectivity index (χ1) is 11.3. The molecule has 4 heteroatoms. The van der Waals surface area contributed by atoms with Crippen molar-refractivity contribution < 1.29 is 4.74 Å². The maximum absolute atomic E-state index is 8.86. The summed E-state index contributed by atoms with van der Waals surface area (Å²) in [5.74, 6) is 0.829. The summed E-state index contributed by atoms with van der Waals surface area (Å²) in [7, 11) is 1.67. The molecule has 0 amide bonds. The van der Waals surface area contributed by atoms with Crippen molar-refractivity contribution in [2.24, 2.45) is 0 Å². The topological polar surface area (TPSA) is 56.8 Å². The molecule has 0 aliphatic carbocycles. The van der Waals surface area contributed by atoms with E-state index in [1.54, 1.807) is 18.9 Å². The van der Waals surface area contributed by atoms with E-state index in [1.165, 1.54) is 5.56 Å². The molecule has 0 spiro atoms. The Morgan fingerprint density at radius 1 is 1.00 bits per heavy atom. The van der Waals surface area contributed by atoms with Gasteiger partial charge in [0.15, 0.2) is 0 Å². The molecule has 2 aromatic carbocycles. The Kier molecular flexibility index (Phi) is 6.44. The van der Waals surface area contributed by atoms with Crippen molar-refractivity contribution >= 4 is 17.3 Å². The molecule has 0 fully saturated rings. The van der Waals surface area contributed by atoms with E-state index in [9.17, 15) is 0 Å². The lowest BCUT2D eigenvalue weighted by atomic mass is 10.1. The molecule has 2 aromatic rings. The highest BCUT2D eigenvalue weighted by Gasteiger charge is 2.02. The van der Waals surface area contributed by atoms with Gasteiger partial charge in [0.05, 0.1) is 29.9 Å². The first kappa shape index (κ1) is 16.8. The molecular formula is C19H16N2OS. The number of hydrogen-bond acceptors (Lipinski definition) is 4. The van der Waals surface area contributed by atoms with Crippen molar-refractivity contribution in [1.29, 1.82) is 10.5 Å². The highest BCUT2D eigenvalue weighted by molar-refractivity contribution is 8.01. The van der Waals surface area contributed by atoms with Crippen LogP contribution in [0.15, 0.2) is 53.9 Å². The van der Waals surface area contributed by atoms with Crippen molar-refractivity contribution in [2.75, 3.05) is 13.7 Å². The predicted octanol–water partition coefficient (Wildman–Crippen LogP) is 4.35. The molecule has 0 aromatic heterocycles. The number of rotatable bonds is 6. The Balaban J connectivity index is 2.05. The van der Waals surface area contributed by atoms with Gasteiger partial charge in [-0.25, -0.2) is 0 Å². The zero-order valence-corrected chi connectivity index (χ0v) is 13.6. The van der Waals surface area contributed by atoms with Crippen LogP contribution in [0.3, 0.4) is 0 Å². The molecule has 0 atom stereocenters. The third kappa shape index (κ3) is 5.00. The molecule has 0 aliphatic heterocycles. The lowest BCUT2D eigenvalue weighted by Crippen LogP contribution is -1.94. The van der Waals surface area contributed by atoms with Crippen LogP contribution in [-0.2, 0) is 10.5 Å². The van der Waals surface area contributed by atoms with Gasteiger partial charge in [0, 0.05) is 12.9 Å². The van der Waals surface area contributed by atoms with E-state index in [2.05, 4.69) is 17.5 Å². The average Bonchev–Trinajstić information content (AvgIpc) is 2.61.